The topological polar surface area (TPSA) is 48.4 Å². The minimum Gasteiger partial charge on any atom is -0.352 e. The third kappa shape index (κ3) is 4.43. The molecule has 34 heavy (non-hydrogen) atoms. The van der Waals surface area contributed by atoms with Crippen molar-refractivity contribution in [2.24, 2.45) is 0 Å². The maximum absolute atomic E-state index is 6.43. The molecular formula is C27H33ClN6. The Morgan fingerprint density at radius 3 is 2.47 bits per heavy atom. The molecule has 0 aliphatic carbocycles. The number of anilines is 3. The smallest absolute Gasteiger partial charge is 0.228 e. The van der Waals surface area contributed by atoms with E-state index >= 15 is 0 Å². The van der Waals surface area contributed by atoms with E-state index in [-0.39, 0.29) is 6.04 Å². The Bertz CT molecular complexity index is 1180. The van der Waals surface area contributed by atoms with Gasteiger partial charge in [0.15, 0.2) is 0 Å². The molecule has 0 radical (unpaired) electrons. The predicted molar refractivity (Wildman–Crippen MR) is 141 cm³/mol. The molecule has 2 aromatic heterocycles. The number of halogens is 1. The van der Waals surface area contributed by atoms with E-state index in [0.717, 1.165) is 55.0 Å². The zero-order chi connectivity index (χ0) is 23.8. The largest absolute Gasteiger partial charge is 0.352 e. The van der Waals surface area contributed by atoms with Crippen molar-refractivity contribution in [2.75, 3.05) is 40.9 Å². The van der Waals surface area contributed by atoms with Crippen molar-refractivity contribution >= 4 is 29.2 Å². The summed E-state index contributed by atoms with van der Waals surface area (Å²) in [7, 11) is 0. The molecule has 2 aliphatic rings. The van der Waals surface area contributed by atoms with Crippen molar-refractivity contribution in [1.82, 2.24) is 15.0 Å². The highest BCUT2D eigenvalue weighted by Gasteiger charge is 2.29. The van der Waals surface area contributed by atoms with Gasteiger partial charge >= 0.3 is 0 Å². The molecule has 2 saturated heterocycles. The summed E-state index contributed by atoms with van der Waals surface area (Å²) in [5.41, 5.74) is 4.71. The molecule has 4 heterocycles. The van der Waals surface area contributed by atoms with Gasteiger partial charge in [0.05, 0.1) is 10.7 Å². The van der Waals surface area contributed by atoms with Gasteiger partial charge in [-0.05, 0) is 69.9 Å². The van der Waals surface area contributed by atoms with E-state index in [1.54, 1.807) is 0 Å². The Hall–Kier alpha value is -2.86. The zero-order valence-corrected chi connectivity index (χ0v) is 21.3. The van der Waals surface area contributed by atoms with Gasteiger partial charge in [-0.3, -0.25) is 0 Å². The van der Waals surface area contributed by atoms with Gasteiger partial charge in [0, 0.05) is 56.1 Å². The average molecular weight is 477 g/mol. The minimum atomic E-state index is 0.262. The van der Waals surface area contributed by atoms with E-state index in [9.17, 15) is 0 Å². The average Bonchev–Trinajstić information content (AvgIpc) is 3.26. The molecule has 5 rings (SSSR count). The number of rotatable bonds is 4. The lowest BCUT2D eigenvalue weighted by Gasteiger charge is -2.41. The standard InChI is InChI=1S/C27H33ClN6/c1-18-9-10-22(15-19(18)2)24-16-25(31-27(30-24)34-12-6-7-20(34)3)33-14-13-32(17-21(33)4)26-23(28)8-5-11-29-26/h5,8-11,15-16,20-21H,6-7,12-14,17H2,1-4H3. The summed E-state index contributed by atoms with van der Waals surface area (Å²) >= 11 is 6.43. The van der Waals surface area contributed by atoms with E-state index < -0.39 is 0 Å². The second-order valence-electron chi connectivity index (χ2n) is 9.69. The van der Waals surface area contributed by atoms with Gasteiger partial charge in [0.1, 0.15) is 11.6 Å². The van der Waals surface area contributed by atoms with E-state index in [1.807, 2.05) is 18.3 Å². The zero-order valence-electron chi connectivity index (χ0n) is 20.5. The van der Waals surface area contributed by atoms with Crippen LogP contribution in [-0.2, 0) is 0 Å². The molecule has 0 bridgehead atoms. The highest BCUT2D eigenvalue weighted by Crippen LogP contribution is 2.32. The third-order valence-electron chi connectivity index (χ3n) is 7.27. The van der Waals surface area contributed by atoms with E-state index in [1.165, 1.54) is 24.0 Å². The Balaban J connectivity index is 1.49. The van der Waals surface area contributed by atoms with Gasteiger partial charge in [-0.2, -0.15) is 4.98 Å². The van der Waals surface area contributed by atoms with Gasteiger partial charge in [-0.25, -0.2) is 9.97 Å². The van der Waals surface area contributed by atoms with Gasteiger partial charge in [-0.15, -0.1) is 0 Å². The molecule has 6 nitrogen and oxygen atoms in total. The van der Waals surface area contributed by atoms with Crippen LogP contribution >= 0.6 is 11.6 Å². The van der Waals surface area contributed by atoms with Crippen LogP contribution in [0.15, 0.2) is 42.6 Å². The summed E-state index contributed by atoms with van der Waals surface area (Å²) in [4.78, 5) is 21.7. The number of benzene rings is 1. The molecule has 0 amide bonds. The summed E-state index contributed by atoms with van der Waals surface area (Å²) in [6, 6.07) is 13.3. The van der Waals surface area contributed by atoms with Crippen LogP contribution in [0.1, 0.15) is 37.8 Å². The van der Waals surface area contributed by atoms with Crippen LogP contribution in [0.4, 0.5) is 17.6 Å². The molecule has 3 aromatic rings. The molecule has 2 atom stereocenters. The Morgan fingerprint density at radius 1 is 0.912 bits per heavy atom. The first-order valence-electron chi connectivity index (χ1n) is 12.3. The van der Waals surface area contributed by atoms with Crippen LogP contribution in [0, 0.1) is 13.8 Å². The fraction of sp³-hybridized carbons (Fsp3) is 0.444. The number of aromatic nitrogens is 3. The fourth-order valence-electron chi connectivity index (χ4n) is 5.08. The quantitative estimate of drug-likeness (QED) is 0.494. The summed E-state index contributed by atoms with van der Waals surface area (Å²) in [6.45, 7) is 12.4. The van der Waals surface area contributed by atoms with Crippen molar-refractivity contribution in [1.29, 1.82) is 0 Å². The lowest BCUT2D eigenvalue weighted by atomic mass is 10.0. The fourth-order valence-corrected chi connectivity index (χ4v) is 5.32. The van der Waals surface area contributed by atoms with Gasteiger partial charge in [0.2, 0.25) is 5.95 Å². The summed E-state index contributed by atoms with van der Waals surface area (Å²) in [5.74, 6) is 2.70. The Morgan fingerprint density at radius 2 is 1.76 bits per heavy atom. The van der Waals surface area contributed by atoms with Gasteiger partial charge in [-0.1, -0.05) is 23.7 Å². The molecule has 178 valence electrons. The molecule has 0 spiro atoms. The molecule has 2 fully saturated rings. The number of piperazine rings is 1. The van der Waals surface area contributed by atoms with Crippen LogP contribution in [0.5, 0.6) is 0 Å². The van der Waals surface area contributed by atoms with Crippen LogP contribution in [0.3, 0.4) is 0 Å². The van der Waals surface area contributed by atoms with E-state index in [0.29, 0.717) is 11.1 Å². The summed E-state index contributed by atoms with van der Waals surface area (Å²) < 4.78 is 0. The van der Waals surface area contributed by atoms with E-state index in [4.69, 9.17) is 21.6 Å². The van der Waals surface area contributed by atoms with Crippen molar-refractivity contribution in [3.63, 3.8) is 0 Å². The van der Waals surface area contributed by atoms with Crippen molar-refractivity contribution < 1.29 is 0 Å². The van der Waals surface area contributed by atoms with Crippen LogP contribution in [-0.4, -0.2) is 53.2 Å². The minimum absolute atomic E-state index is 0.262. The van der Waals surface area contributed by atoms with Crippen molar-refractivity contribution in [3.8, 4) is 11.3 Å². The molecule has 2 aliphatic heterocycles. The lowest BCUT2D eigenvalue weighted by molar-refractivity contribution is 0.542. The predicted octanol–water partition coefficient (Wildman–Crippen LogP) is 5.51. The van der Waals surface area contributed by atoms with Crippen LogP contribution in [0.2, 0.25) is 5.02 Å². The highest BCUT2D eigenvalue weighted by molar-refractivity contribution is 6.32. The third-order valence-corrected chi connectivity index (χ3v) is 7.57. The molecule has 1 aromatic carbocycles. The Labute approximate surface area is 207 Å². The maximum atomic E-state index is 6.43. The molecule has 7 heteroatoms. The molecule has 2 unspecified atom stereocenters. The van der Waals surface area contributed by atoms with Crippen LogP contribution < -0.4 is 14.7 Å². The van der Waals surface area contributed by atoms with Crippen molar-refractivity contribution in [3.05, 3.63) is 58.7 Å². The normalized spacial score (nSPS) is 20.8. The second kappa shape index (κ2) is 9.41. The SMILES string of the molecule is Cc1ccc(-c2cc(N3CCN(c4ncccc4Cl)CC3C)nc(N3CCCC3C)n2)cc1C. The molecule has 0 N–H and O–H groups in total. The number of hydrogen-bond acceptors (Lipinski definition) is 6. The molecular weight excluding hydrogens is 444 g/mol. The summed E-state index contributed by atoms with van der Waals surface area (Å²) in [6.07, 6.45) is 4.18. The highest BCUT2D eigenvalue weighted by atomic mass is 35.5. The first kappa shape index (κ1) is 22.9. The van der Waals surface area contributed by atoms with Crippen LogP contribution in [0.25, 0.3) is 11.3 Å². The summed E-state index contributed by atoms with van der Waals surface area (Å²) in [5, 5.41) is 0.701. The van der Waals surface area contributed by atoms with Gasteiger partial charge in [0.25, 0.3) is 0 Å². The number of hydrogen-bond donors (Lipinski definition) is 0. The van der Waals surface area contributed by atoms with Gasteiger partial charge < -0.3 is 14.7 Å². The monoisotopic (exact) mass is 476 g/mol. The van der Waals surface area contributed by atoms with Crippen molar-refractivity contribution in [2.45, 2.75) is 52.6 Å². The van der Waals surface area contributed by atoms with E-state index in [2.05, 4.69) is 71.6 Å². The molecule has 0 saturated carbocycles. The number of nitrogens with zero attached hydrogens (tertiary/aromatic N) is 6. The second-order valence-corrected chi connectivity index (χ2v) is 10.1. The Kier molecular flexibility index (Phi) is 6.34. The first-order valence-corrected chi connectivity index (χ1v) is 12.6. The number of aryl methyl sites for hydroxylation is 2. The lowest BCUT2D eigenvalue weighted by Crippen LogP contribution is -2.52. The maximum Gasteiger partial charge on any atom is 0.228 e. The first-order chi connectivity index (χ1) is 16.4. The number of pyridine rings is 1.